The lowest BCUT2D eigenvalue weighted by Gasteiger charge is -2.25. The van der Waals surface area contributed by atoms with Crippen molar-refractivity contribution in [3.8, 4) is 0 Å². The van der Waals surface area contributed by atoms with Crippen molar-refractivity contribution in [2.24, 2.45) is 0 Å². The van der Waals surface area contributed by atoms with Crippen LogP contribution in [0.15, 0.2) is 36.9 Å². The highest BCUT2D eigenvalue weighted by Crippen LogP contribution is 2.19. The molecule has 3 rings (SSSR count). The van der Waals surface area contributed by atoms with Crippen molar-refractivity contribution in [3.63, 3.8) is 0 Å². The highest BCUT2D eigenvalue weighted by molar-refractivity contribution is 5.74. The number of hydrogen-bond donors (Lipinski definition) is 1. The topological polar surface area (TPSA) is 50.2 Å². The van der Waals surface area contributed by atoms with E-state index in [0.717, 1.165) is 32.4 Å². The van der Waals surface area contributed by atoms with Crippen LogP contribution in [0.1, 0.15) is 29.5 Å². The minimum atomic E-state index is 0.0569. The Balaban J connectivity index is 1.49. The normalized spacial score (nSPS) is 17.2. The molecular weight excluding hydrogens is 300 g/mol. The number of likely N-dealkylation sites (tertiary alicyclic amines) is 1. The van der Waals surface area contributed by atoms with E-state index in [1.165, 1.54) is 16.7 Å². The van der Waals surface area contributed by atoms with Gasteiger partial charge in [0.15, 0.2) is 0 Å². The van der Waals surface area contributed by atoms with E-state index < -0.39 is 0 Å². The van der Waals surface area contributed by atoms with Gasteiger partial charge >= 0.3 is 6.03 Å². The summed E-state index contributed by atoms with van der Waals surface area (Å²) in [5.41, 5.74) is 3.88. The fourth-order valence-corrected chi connectivity index (χ4v) is 3.31. The Labute approximate surface area is 143 Å². The van der Waals surface area contributed by atoms with Crippen LogP contribution < -0.4 is 5.32 Å². The number of imidazole rings is 1. The molecule has 5 nitrogen and oxygen atoms in total. The Hall–Kier alpha value is -2.30. The van der Waals surface area contributed by atoms with Gasteiger partial charge in [-0.1, -0.05) is 18.2 Å². The van der Waals surface area contributed by atoms with Crippen LogP contribution >= 0.6 is 0 Å². The number of urea groups is 1. The molecule has 1 saturated heterocycles. The number of carbonyl (C=O) groups excluding carboxylic acids is 1. The lowest BCUT2D eigenvalue weighted by molar-refractivity contribution is 0.187. The van der Waals surface area contributed by atoms with Gasteiger partial charge in [-0.3, -0.25) is 0 Å². The van der Waals surface area contributed by atoms with Crippen LogP contribution in [0.25, 0.3) is 0 Å². The minimum absolute atomic E-state index is 0.0569. The van der Waals surface area contributed by atoms with Crippen molar-refractivity contribution in [2.75, 3.05) is 13.1 Å². The maximum atomic E-state index is 12.5. The van der Waals surface area contributed by atoms with Crippen LogP contribution in [0.4, 0.5) is 4.79 Å². The van der Waals surface area contributed by atoms with Crippen LogP contribution in [-0.4, -0.2) is 39.6 Å². The average Bonchev–Trinajstić information content (AvgIpc) is 3.23. The second-order valence-corrected chi connectivity index (χ2v) is 6.65. The van der Waals surface area contributed by atoms with Crippen molar-refractivity contribution in [3.05, 3.63) is 53.6 Å². The standard InChI is InChI=1S/C19H26N4O/c1-15-5-6-17(12-16(15)2)7-8-21-19(24)23-10-3-4-18(23)13-22-11-9-20-14-22/h5-6,9,11-12,14,18H,3-4,7-8,10,13H2,1-2H3,(H,21,24)/t18-/m1/s1. The molecule has 1 aliphatic heterocycles. The summed E-state index contributed by atoms with van der Waals surface area (Å²) >= 11 is 0. The number of nitrogens with one attached hydrogen (secondary N) is 1. The third kappa shape index (κ3) is 3.96. The third-order valence-corrected chi connectivity index (χ3v) is 4.88. The molecule has 2 amide bonds. The van der Waals surface area contributed by atoms with Gasteiger partial charge in [0.25, 0.3) is 0 Å². The van der Waals surface area contributed by atoms with Gasteiger partial charge in [-0.05, 0) is 49.8 Å². The van der Waals surface area contributed by atoms with E-state index in [4.69, 9.17) is 0 Å². The molecule has 1 aliphatic rings. The number of benzene rings is 1. The molecule has 24 heavy (non-hydrogen) atoms. The largest absolute Gasteiger partial charge is 0.338 e. The molecule has 0 bridgehead atoms. The summed E-state index contributed by atoms with van der Waals surface area (Å²) < 4.78 is 2.05. The predicted molar refractivity (Wildman–Crippen MR) is 95.0 cm³/mol. The number of aromatic nitrogens is 2. The summed E-state index contributed by atoms with van der Waals surface area (Å²) in [6, 6.07) is 6.82. The summed E-state index contributed by atoms with van der Waals surface area (Å²) in [4.78, 5) is 18.5. The second kappa shape index (κ2) is 7.51. The van der Waals surface area contributed by atoms with Crippen LogP contribution in [0.3, 0.4) is 0 Å². The molecule has 5 heteroatoms. The average molecular weight is 326 g/mol. The first-order chi connectivity index (χ1) is 11.6. The fourth-order valence-electron chi connectivity index (χ4n) is 3.31. The van der Waals surface area contributed by atoms with Crippen molar-refractivity contribution < 1.29 is 4.79 Å². The third-order valence-electron chi connectivity index (χ3n) is 4.88. The number of hydrogen-bond acceptors (Lipinski definition) is 2. The molecule has 0 radical (unpaired) electrons. The van der Waals surface area contributed by atoms with Gasteiger partial charge in [0, 0.05) is 32.0 Å². The van der Waals surface area contributed by atoms with E-state index in [2.05, 4.69) is 42.3 Å². The number of aryl methyl sites for hydroxylation is 2. The van der Waals surface area contributed by atoms with Crippen molar-refractivity contribution in [2.45, 2.75) is 45.7 Å². The van der Waals surface area contributed by atoms with Crippen LogP contribution in [0.5, 0.6) is 0 Å². The Morgan fingerprint density at radius 3 is 2.96 bits per heavy atom. The number of carbonyl (C=O) groups is 1. The second-order valence-electron chi connectivity index (χ2n) is 6.65. The maximum absolute atomic E-state index is 12.5. The molecule has 0 unspecified atom stereocenters. The van der Waals surface area contributed by atoms with Gasteiger partial charge in [0.1, 0.15) is 0 Å². The molecule has 2 heterocycles. The zero-order valence-corrected chi connectivity index (χ0v) is 14.5. The highest BCUT2D eigenvalue weighted by atomic mass is 16.2. The summed E-state index contributed by atoms with van der Waals surface area (Å²) in [5.74, 6) is 0. The summed E-state index contributed by atoms with van der Waals surface area (Å²) in [6.45, 7) is 6.59. The Morgan fingerprint density at radius 1 is 1.33 bits per heavy atom. The monoisotopic (exact) mass is 326 g/mol. The van der Waals surface area contributed by atoms with Gasteiger partial charge in [0.05, 0.1) is 12.4 Å². The molecule has 1 aromatic heterocycles. The molecule has 0 saturated carbocycles. The van der Waals surface area contributed by atoms with E-state index in [1.54, 1.807) is 6.20 Å². The smallest absolute Gasteiger partial charge is 0.317 e. The summed E-state index contributed by atoms with van der Waals surface area (Å²) in [5, 5.41) is 3.08. The minimum Gasteiger partial charge on any atom is -0.338 e. The highest BCUT2D eigenvalue weighted by Gasteiger charge is 2.28. The molecule has 0 aliphatic carbocycles. The first-order valence-electron chi connectivity index (χ1n) is 8.70. The molecule has 1 fully saturated rings. The molecule has 1 N–H and O–H groups in total. The van der Waals surface area contributed by atoms with E-state index >= 15 is 0 Å². The van der Waals surface area contributed by atoms with E-state index in [-0.39, 0.29) is 12.1 Å². The van der Waals surface area contributed by atoms with Crippen molar-refractivity contribution in [1.29, 1.82) is 0 Å². The lowest BCUT2D eigenvalue weighted by Crippen LogP contribution is -2.44. The zero-order chi connectivity index (χ0) is 16.9. The molecule has 1 aromatic carbocycles. The predicted octanol–water partition coefficient (Wildman–Crippen LogP) is 2.92. The zero-order valence-electron chi connectivity index (χ0n) is 14.5. The molecule has 128 valence electrons. The quantitative estimate of drug-likeness (QED) is 0.918. The van der Waals surface area contributed by atoms with E-state index in [0.29, 0.717) is 6.54 Å². The molecule has 0 spiro atoms. The number of amides is 2. The first kappa shape index (κ1) is 16.6. The van der Waals surface area contributed by atoms with Gasteiger partial charge in [0.2, 0.25) is 0 Å². The SMILES string of the molecule is Cc1ccc(CCNC(=O)N2CCC[C@@H]2Cn2ccnc2)cc1C. The van der Waals surface area contributed by atoms with Gasteiger partial charge < -0.3 is 14.8 Å². The van der Waals surface area contributed by atoms with E-state index in [1.807, 2.05) is 22.0 Å². The van der Waals surface area contributed by atoms with Crippen LogP contribution in [0.2, 0.25) is 0 Å². The van der Waals surface area contributed by atoms with Gasteiger partial charge in [-0.25, -0.2) is 9.78 Å². The number of rotatable bonds is 5. The van der Waals surface area contributed by atoms with Crippen LogP contribution in [-0.2, 0) is 13.0 Å². The van der Waals surface area contributed by atoms with Gasteiger partial charge in [-0.2, -0.15) is 0 Å². The van der Waals surface area contributed by atoms with Gasteiger partial charge in [-0.15, -0.1) is 0 Å². The Morgan fingerprint density at radius 2 is 2.21 bits per heavy atom. The summed E-state index contributed by atoms with van der Waals surface area (Å²) in [6.07, 6.45) is 8.55. The Bertz CT molecular complexity index is 681. The first-order valence-corrected chi connectivity index (χ1v) is 8.70. The maximum Gasteiger partial charge on any atom is 0.317 e. The van der Waals surface area contributed by atoms with Crippen molar-refractivity contribution in [1.82, 2.24) is 19.8 Å². The molecule has 2 aromatic rings. The molecule has 1 atom stereocenters. The Kier molecular flexibility index (Phi) is 5.18. The van der Waals surface area contributed by atoms with E-state index in [9.17, 15) is 4.79 Å². The fraction of sp³-hybridized carbons (Fsp3) is 0.474. The summed E-state index contributed by atoms with van der Waals surface area (Å²) in [7, 11) is 0. The molecular formula is C19H26N4O. The van der Waals surface area contributed by atoms with Crippen molar-refractivity contribution >= 4 is 6.03 Å². The number of nitrogens with zero attached hydrogens (tertiary/aromatic N) is 3. The van der Waals surface area contributed by atoms with Crippen LogP contribution in [0, 0.1) is 13.8 Å². The lowest BCUT2D eigenvalue weighted by atomic mass is 10.0.